The van der Waals surface area contributed by atoms with Gasteiger partial charge in [0, 0.05) is 24.8 Å². The lowest BCUT2D eigenvalue weighted by Crippen LogP contribution is -2.44. The maximum atomic E-state index is 5.28. The Morgan fingerprint density at radius 1 is 1.09 bits per heavy atom. The van der Waals surface area contributed by atoms with Crippen LogP contribution in [0.1, 0.15) is 12.5 Å². The predicted molar refractivity (Wildman–Crippen MR) is 93.2 cm³/mol. The highest BCUT2D eigenvalue weighted by Gasteiger charge is 2.16. The van der Waals surface area contributed by atoms with Gasteiger partial charge in [0.25, 0.3) is 0 Å². The summed E-state index contributed by atoms with van der Waals surface area (Å²) in [4.78, 5) is 6.71. The average molecular weight is 310 g/mol. The number of benzene rings is 1. The third-order valence-electron chi connectivity index (χ3n) is 4.01. The molecule has 1 aromatic heterocycles. The molecule has 2 heterocycles. The average Bonchev–Trinajstić information content (AvgIpc) is 2.63. The molecule has 1 aromatic carbocycles. The number of ether oxygens (including phenoxy) is 1. The normalized spacial score (nSPS) is 15.7. The second-order valence-electron chi connectivity index (χ2n) is 5.55. The van der Waals surface area contributed by atoms with Crippen molar-refractivity contribution in [2.24, 2.45) is 5.10 Å². The van der Waals surface area contributed by atoms with Crippen LogP contribution in [-0.4, -0.2) is 49.0 Å². The van der Waals surface area contributed by atoms with Crippen LogP contribution < -0.4 is 9.64 Å². The fraction of sp³-hybridized carbons (Fsp3) is 0.333. The Labute approximate surface area is 137 Å². The molecular weight excluding hydrogens is 288 g/mol. The van der Waals surface area contributed by atoms with Gasteiger partial charge in [0.05, 0.1) is 25.9 Å². The molecule has 3 rings (SSSR count). The molecule has 5 nitrogen and oxygen atoms in total. The molecule has 0 atom stereocenters. The number of aromatic nitrogens is 1. The molecule has 1 aliphatic rings. The molecule has 120 valence electrons. The van der Waals surface area contributed by atoms with Gasteiger partial charge in [0.2, 0.25) is 0 Å². The lowest BCUT2D eigenvalue weighted by atomic mass is 10.1. The number of pyridine rings is 1. The lowest BCUT2D eigenvalue weighted by Gasteiger charge is -2.34. The topological polar surface area (TPSA) is 41.0 Å². The summed E-state index contributed by atoms with van der Waals surface area (Å²) < 4.78 is 5.28. The molecule has 1 aliphatic heterocycles. The van der Waals surface area contributed by atoms with E-state index in [4.69, 9.17) is 9.84 Å². The zero-order chi connectivity index (χ0) is 16.1. The van der Waals surface area contributed by atoms with Crippen LogP contribution in [-0.2, 0) is 0 Å². The SMILES string of the molecule is COc1cccc(/C(C)=N\N2CCN(c3ccccn3)CC2)c1. The molecule has 0 aliphatic carbocycles. The van der Waals surface area contributed by atoms with Crippen molar-refractivity contribution in [1.29, 1.82) is 0 Å². The van der Waals surface area contributed by atoms with Gasteiger partial charge in [-0.1, -0.05) is 18.2 Å². The summed E-state index contributed by atoms with van der Waals surface area (Å²) in [6.45, 7) is 5.72. The summed E-state index contributed by atoms with van der Waals surface area (Å²) in [7, 11) is 1.68. The number of anilines is 1. The largest absolute Gasteiger partial charge is 0.497 e. The summed E-state index contributed by atoms with van der Waals surface area (Å²) in [5.74, 6) is 1.90. The second kappa shape index (κ2) is 7.13. The fourth-order valence-corrected chi connectivity index (χ4v) is 2.68. The molecule has 2 aromatic rings. The monoisotopic (exact) mass is 310 g/mol. The quantitative estimate of drug-likeness (QED) is 0.814. The molecule has 0 radical (unpaired) electrons. The van der Waals surface area contributed by atoms with Crippen molar-refractivity contribution in [1.82, 2.24) is 9.99 Å². The first-order valence-electron chi connectivity index (χ1n) is 7.87. The van der Waals surface area contributed by atoms with E-state index in [0.717, 1.165) is 49.0 Å². The minimum atomic E-state index is 0.858. The fourth-order valence-electron chi connectivity index (χ4n) is 2.68. The van der Waals surface area contributed by atoms with Crippen LogP contribution in [0, 0.1) is 0 Å². The number of rotatable bonds is 4. The molecular formula is C18H22N4O. The maximum Gasteiger partial charge on any atom is 0.128 e. The Hall–Kier alpha value is -2.56. The zero-order valence-corrected chi connectivity index (χ0v) is 13.6. The summed E-state index contributed by atoms with van der Waals surface area (Å²) in [5, 5.41) is 6.89. The van der Waals surface area contributed by atoms with Gasteiger partial charge < -0.3 is 9.64 Å². The predicted octanol–water partition coefficient (Wildman–Crippen LogP) is 2.64. The van der Waals surface area contributed by atoms with Crippen LogP contribution in [0.4, 0.5) is 5.82 Å². The molecule has 0 bridgehead atoms. The van der Waals surface area contributed by atoms with Gasteiger partial charge in [-0.2, -0.15) is 5.10 Å². The van der Waals surface area contributed by atoms with E-state index in [2.05, 4.69) is 27.0 Å². The number of hydrogen-bond acceptors (Lipinski definition) is 5. The van der Waals surface area contributed by atoms with Crippen LogP contribution in [0.25, 0.3) is 0 Å². The van der Waals surface area contributed by atoms with E-state index in [1.54, 1.807) is 7.11 Å². The Bertz CT molecular complexity index is 664. The highest BCUT2D eigenvalue weighted by atomic mass is 16.5. The lowest BCUT2D eigenvalue weighted by molar-refractivity contribution is 0.270. The summed E-state index contributed by atoms with van der Waals surface area (Å²) >= 11 is 0. The molecule has 1 saturated heterocycles. The highest BCUT2D eigenvalue weighted by Crippen LogP contribution is 2.15. The molecule has 1 fully saturated rings. The Balaban J connectivity index is 1.63. The molecule has 0 spiro atoms. The van der Waals surface area contributed by atoms with Crippen LogP contribution in [0.15, 0.2) is 53.8 Å². The first-order chi connectivity index (χ1) is 11.3. The van der Waals surface area contributed by atoms with Crippen LogP contribution in [0.3, 0.4) is 0 Å². The second-order valence-corrected chi connectivity index (χ2v) is 5.55. The van der Waals surface area contributed by atoms with Gasteiger partial charge in [-0.25, -0.2) is 4.98 Å². The number of methoxy groups -OCH3 is 1. The van der Waals surface area contributed by atoms with Gasteiger partial charge >= 0.3 is 0 Å². The van der Waals surface area contributed by atoms with E-state index in [1.165, 1.54) is 0 Å². The highest BCUT2D eigenvalue weighted by molar-refractivity contribution is 5.98. The first kappa shape index (κ1) is 15.3. The third kappa shape index (κ3) is 3.80. The summed E-state index contributed by atoms with van der Waals surface area (Å²) in [6, 6.07) is 14.0. The van der Waals surface area contributed by atoms with Crippen LogP contribution >= 0.6 is 0 Å². The number of nitrogens with zero attached hydrogens (tertiary/aromatic N) is 4. The van der Waals surface area contributed by atoms with E-state index >= 15 is 0 Å². The van der Waals surface area contributed by atoms with Crippen molar-refractivity contribution in [3.63, 3.8) is 0 Å². The summed E-state index contributed by atoms with van der Waals surface area (Å²) in [5.41, 5.74) is 2.10. The molecule has 0 amide bonds. The van der Waals surface area contributed by atoms with Crippen molar-refractivity contribution >= 4 is 11.5 Å². The van der Waals surface area contributed by atoms with Gasteiger partial charge in [0.1, 0.15) is 11.6 Å². The van der Waals surface area contributed by atoms with Crippen molar-refractivity contribution in [3.05, 3.63) is 54.2 Å². The Morgan fingerprint density at radius 3 is 2.61 bits per heavy atom. The maximum absolute atomic E-state index is 5.28. The van der Waals surface area contributed by atoms with Crippen molar-refractivity contribution in [3.8, 4) is 5.75 Å². The smallest absolute Gasteiger partial charge is 0.128 e. The van der Waals surface area contributed by atoms with Crippen molar-refractivity contribution < 1.29 is 4.74 Å². The van der Waals surface area contributed by atoms with Crippen molar-refractivity contribution in [2.75, 3.05) is 38.2 Å². The van der Waals surface area contributed by atoms with Crippen molar-refractivity contribution in [2.45, 2.75) is 6.92 Å². The number of hydrogen-bond donors (Lipinski definition) is 0. The third-order valence-corrected chi connectivity index (χ3v) is 4.01. The van der Waals surface area contributed by atoms with Crippen LogP contribution in [0.2, 0.25) is 0 Å². The number of hydrazone groups is 1. The Kier molecular flexibility index (Phi) is 4.76. The van der Waals surface area contributed by atoms with E-state index < -0.39 is 0 Å². The standard InChI is InChI=1S/C18H22N4O/c1-15(16-6-5-7-17(14-16)23-2)20-22-12-10-21(11-13-22)18-8-3-4-9-19-18/h3-9,14H,10-13H2,1-2H3/b20-15-. The molecule has 0 unspecified atom stereocenters. The molecule has 23 heavy (non-hydrogen) atoms. The molecule has 0 N–H and O–H groups in total. The minimum absolute atomic E-state index is 0.858. The first-order valence-corrected chi connectivity index (χ1v) is 7.87. The number of piperazine rings is 1. The van der Waals surface area contributed by atoms with Gasteiger partial charge in [-0.15, -0.1) is 0 Å². The minimum Gasteiger partial charge on any atom is -0.497 e. The Morgan fingerprint density at radius 2 is 1.91 bits per heavy atom. The van der Waals surface area contributed by atoms with Crippen LogP contribution in [0.5, 0.6) is 5.75 Å². The summed E-state index contributed by atoms with van der Waals surface area (Å²) in [6.07, 6.45) is 1.84. The van der Waals surface area contributed by atoms with Gasteiger partial charge in [0.15, 0.2) is 0 Å². The van der Waals surface area contributed by atoms with E-state index in [9.17, 15) is 0 Å². The van der Waals surface area contributed by atoms with Gasteiger partial charge in [-0.3, -0.25) is 5.01 Å². The zero-order valence-electron chi connectivity index (χ0n) is 13.6. The molecule has 0 saturated carbocycles. The molecule has 5 heteroatoms. The van der Waals surface area contributed by atoms with E-state index in [-0.39, 0.29) is 0 Å². The van der Waals surface area contributed by atoms with Gasteiger partial charge in [-0.05, 0) is 31.2 Å². The van der Waals surface area contributed by atoms with E-state index in [0.29, 0.717) is 0 Å². The van der Waals surface area contributed by atoms with E-state index in [1.807, 2.05) is 43.5 Å².